The average Bonchev–Trinajstić information content (AvgIpc) is 1.38. The Balaban J connectivity index is 2.54. The Kier molecular flexibility index (Phi) is 4.71. The molecule has 0 saturated heterocycles. The molecule has 0 aromatic heterocycles. The first-order chi connectivity index (χ1) is 2.27. The van der Waals surface area contributed by atoms with Crippen LogP contribution in [0.25, 0.3) is 0 Å². The molecule has 0 bridgehead atoms. The molecule has 34 valence electrons. The zero-order chi connectivity index (χ0) is 4.28. The molecule has 0 aromatic rings. The van der Waals surface area contributed by atoms with Gasteiger partial charge in [0.15, 0.2) is 0 Å². The van der Waals surface area contributed by atoms with Gasteiger partial charge in [0.25, 0.3) is 0 Å². The molecular formula is C3H8I2. The monoisotopic (exact) mass is 298 g/mol. The van der Waals surface area contributed by atoms with E-state index >= 15 is 0 Å². The summed E-state index contributed by atoms with van der Waals surface area (Å²) in [6, 6.07) is 0. The van der Waals surface area contributed by atoms with Gasteiger partial charge in [0.05, 0.1) is 0 Å². The van der Waals surface area contributed by atoms with Crippen LogP contribution in [-0.2, 0) is 0 Å². The molecular weight excluding hydrogens is 290 g/mol. The summed E-state index contributed by atoms with van der Waals surface area (Å²) < 4.78 is 1.43. The van der Waals surface area contributed by atoms with Crippen LogP contribution in [0, 0.1) is 0 Å². The molecule has 0 nitrogen and oxygen atoms in total. The zero-order valence-electron chi connectivity index (χ0n) is 3.46. The molecule has 0 rings (SSSR count). The number of rotatable bonds is 1. The van der Waals surface area contributed by atoms with E-state index in [-0.39, 0.29) is 19.8 Å². The predicted octanol–water partition coefficient (Wildman–Crippen LogP) is 2.14. The van der Waals surface area contributed by atoms with E-state index in [2.05, 4.69) is 32.5 Å². The Morgan fingerprint density at radius 3 is 1.80 bits per heavy atom. The Hall–Kier alpha value is 1.46. The quantitative estimate of drug-likeness (QED) is 0.514. The second-order valence-electron chi connectivity index (χ2n) is 1.01. The van der Waals surface area contributed by atoms with Crippen LogP contribution in [-0.4, -0.2) is 12.3 Å². The van der Waals surface area contributed by atoms with Crippen LogP contribution >= 0.6 is 42.4 Å². The Morgan fingerprint density at radius 1 is 1.60 bits per heavy atom. The SMILES string of the molecule is CI(C)CI. The van der Waals surface area contributed by atoms with Crippen LogP contribution in [0.15, 0.2) is 0 Å². The molecule has 0 radical (unpaired) electrons. The fourth-order valence-electron chi connectivity index (χ4n) is 0. The minimum atomic E-state index is -0.295. The Bertz CT molecular complexity index is 18.9. The van der Waals surface area contributed by atoms with Gasteiger partial charge in [0.2, 0.25) is 0 Å². The van der Waals surface area contributed by atoms with Crippen molar-refractivity contribution in [3.63, 3.8) is 0 Å². The van der Waals surface area contributed by atoms with E-state index in [4.69, 9.17) is 0 Å². The molecule has 0 saturated carbocycles. The Morgan fingerprint density at radius 2 is 1.80 bits per heavy atom. The molecule has 0 aliphatic heterocycles. The molecule has 0 amide bonds. The topological polar surface area (TPSA) is 0 Å². The summed E-state index contributed by atoms with van der Waals surface area (Å²) in [5, 5.41) is 0. The summed E-state index contributed by atoms with van der Waals surface area (Å²) in [4.78, 5) is 4.74. The standard InChI is InChI=1S/C3H8I2/c1-5(2)3-4/h3H2,1-2H3. The zero-order valence-corrected chi connectivity index (χ0v) is 7.78. The fourth-order valence-corrected chi connectivity index (χ4v) is 0. The van der Waals surface area contributed by atoms with Gasteiger partial charge in [-0.2, -0.15) is 0 Å². The van der Waals surface area contributed by atoms with Gasteiger partial charge in [-0.25, -0.2) is 0 Å². The van der Waals surface area contributed by atoms with Crippen molar-refractivity contribution in [2.45, 2.75) is 0 Å². The second kappa shape index (κ2) is 3.64. The van der Waals surface area contributed by atoms with Crippen molar-refractivity contribution in [1.82, 2.24) is 0 Å². The molecule has 0 fully saturated rings. The summed E-state index contributed by atoms with van der Waals surface area (Å²) in [5.74, 6) is 0. The molecule has 0 atom stereocenters. The molecule has 0 spiro atoms. The van der Waals surface area contributed by atoms with Crippen LogP contribution in [0.4, 0.5) is 0 Å². The maximum absolute atomic E-state index is 2.45. The summed E-state index contributed by atoms with van der Waals surface area (Å²) in [6.45, 7) is 0. The van der Waals surface area contributed by atoms with Crippen molar-refractivity contribution >= 4 is 42.4 Å². The summed E-state index contributed by atoms with van der Waals surface area (Å²) >= 11 is 2.15. The van der Waals surface area contributed by atoms with E-state index in [1.807, 2.05) is 0 Å². The third-order valence-corrected chi connectivity index (χ3v) is 9.09. The van der Waals surface area contributed by atoms with Crippen molar-refractivity contribution in [3.05, 3.63) is 0 Å². The predicted molar refractivity (Wildman–Crippen MR) is 44.8 cm³/mol. The van der Waals surface area contributed by atoms with E-state index in [9.17, 15) is 0 Å². The average molecular weight is 298 g/mol. The summed E-state index contributed by atoms with van der Waals surface area (Å²) in [6.07, 6.45) is 0. The van der Waals surface area contributed by atoms with Crippen LogP contribution in [0.3, 0.4) is 0 Å². The molecule has 0 aliphatic rings. The first kappa shape index (κ1) is 6.46. The van der Waals surface area contributed by atoms with E-state index in [1.165, 1.54) is 2.43 Å². The molecule has 0 heterocycles. The van der Waals surface area contributed by atoms with E-state index in [1.54, 1.807) is 0 Å². The van der Waals surface area contributed by atoms with E-state index < -0.39 is 0 Å². The number of hydrogen-bond donors (Lipinski definition) is 0. The normalized spacial score (nSPS) is 11.4. The van der Waals surface area contributed by atoms with Gasteiger partial charge < -0.3 is 0 Å². The third-order valence-electron chi connectivity index (χ3n) is 0.202. The van der Waals surface area contributed by atoms with E-state index in [0.29, 0.717) is 0 Å². The summed E-state index contributed by atoms with van der Waals surface area (Å²) in [5.41, 5.74) is 0. The van der Waals surface area contributed by atoms with Crippen LogP contribution in [0.5, 0.6) is 0 Å². The summed E-state index contributed by atoms with van der Waals surface area (Å²) in [7, 11) is 0. The maximum atomic E-state index is 2.45. The van der Waals surface area contributed by atoms with Crippen molar-refractivity contribution in [1.29, 1.82) is 0 Å². The number of hydrogen-bond acceptors (Lipinski definition) is 0. The van der Waals surface area contributed by atoms with Crippen molar-refractivity contribution < 1.29 is 0 Å². The van der Waals surface area contributed by atoms with Gasteiger partial charge in [-0.05, 0) is 0 Å². The second-order valence-corrected chi connectivity index (χ2v) is 10.7. The third kappa shape index (κ3) is 5.46. The van der Waals surface area contributed by atoms with Crippen LogP contribution in [0.1, 0.15) is 0 Å². The van der Waals surface area contributed by atoms with Crippen molar-refractivity contribution in [2.75, 3.05) is 12.3 Å². The molecule has 2 heteroatoms. The molecule has 0 N–H and O–H groups in total. The minimum absolute atomic E-state index is 0.295. The van der Waals surface area contributed by atoms with Gasteiger partial charge in [-0.1, -0.05) is 0 Å². The first-order valence-corrected chi connectivity index (χ1v) is 8.66. The van der Waals surface area contributed by atoms with E-state index in [0.717, 1.165) is 0 Å². The fraction of sp³-hybridized carbons (Fsp3) is 1.00. The Labute approximate surface area is 54.2 Å². The van der Waals surface area contributed by atoms with Gasteiger partial charge >= 0.3 is 54.7 Å². The van der Waals surface area contributed by atoms with Crippen LogP contribution in [0.2, 0.25) is 0 Å². The van der Waals surface area contributed by atoms with Crippen molar-refractivity contribution in [3.8, 4) is 0 Å². The molecule has 0 aliphatic carbocycles. The van der Waals surface area contributed by atoms with Gasteiger partial charge in [-0.15, -0.1) is 0 Å². The van der Waals surface area contributed by atoms with Gasteiger partial charge in [0.1, 0.15) is 0 Å². The number of alkyl halides is 4. The first-order valence-electron chi connectivity index (χ1n) is 1.29. The molecule has 5 heavy (non-hydrogen) atoms. The van der Waals surface area contributed by atoms with Crippen LogP contribution < -0.4 is 0 Å². The van der Waals surface area contributed by atoms with Gasteiger partial charge in [-0.3, -0.25) is 0 Å². The molecule has 0 unspecified atom stereocenters. The van der Waals surface area contributed by atoms with Crippen molar-refractivity contribution in [2.24, 2.45) is 0 Å². The number of halogens is 2. The van der Waals surface area contributed by atoms with Gasteiger partial charge in [0, 0.05) is 0 Å². The molecule has 0 aromatic carbocycles.